The summed E-state index contributed by atoms with van der Waals surface area (Å²) < 4.78 is 11.1. The number of hydrogen-bond donors (Lipinski definition) is 1. The van der Waals surface area contributed by atoms with Crippen molar-refractivity contribution >= 4 is 5.97 Å². The van der Waals surface area contributed by atoms with Crippen LogP contribution in [-0.2, 0) is 14.3 Å². The van der Waals surface area contributed by atoms with Gasteiger partial charge in [-0.15, -0.1) is 0 Å². The predicted octanol–water partition coefficient (Wildman–Crippen LogP) is 0.977. The number of carboxylic acid groups (broad SMARTS) is 1. The second-order valence-corrected chi connectivity index (χ2v) is 6.25. The molecule has 2 aliphatic heterocycles. The van der Waals surface area contributed by atoms with E-state index in [0.717, 1.165) is 13.1 Å². The van der Waals surface area contributed by atoms with Crippen molar-refractivity contribution in [2.75, 3.05) is 32.8 Å². The third kappa shape index (κ3) is 2.84. The summed E-state index contributed by atoms with van der Waals surface area (Å²) in [5.41, 5.74) is -0.941. The number of rotatable bonds is 3. The summed E-state index contributed by atoms with van der Waals surface area (Å²) >= 11 is 0. The molecule has 0 aromatic carbocycles. The second kappa shape index (κ2) is 4.79. The highest BCUT2D eigenvalue weighted by Crippen LogP contribution is 2.32. The summed E-state index contributed by atoms with van der Waals surface area (Å²) in [6, 6.07) is 0. The summed E-state index contributed by atoms with van der Waals surface area (Å²) in [4.78, 5) is 13.7. The first-order chi connectivity index (χ1) is 8.33. The van der Waals surface area contributed by atoms with Gasteiger partial charge in [0.1, 0.15) is 5.41 Å². The third-order valence-electron chi connectivity index (χ3n) is 3.72. The Hall–Kier alpha value is -0.650. The molecule has 18 heavy (non-hydrogen) atoms. The van der Waals surface area contributed by atoms with Gasteiger partial charge in [0.25, 0.3) is 0 Å². The maximum atomic E-state index is 11.5. The van der Waals surface area contributed by atoms with E-state index in [-0.39, 0.29) is 11.7 Å². The van der Waals surface area contributed by atoms with Crippen LogP contribution < -0.4 is 0 Å². The van der Waals surface area contributed by atoms with E-state index in [1.54, 1.807) is 0 Å². The van der Waals surface area contributed by atoms with Crippen molar-refractivity contribution in [2.45, 2.75) is 38.9 Å². The average Bonchev–Trinajstić information content (AvgIpc) is 2.63. The predicted molar refractivity (Wildman–Crippen MR) is 66.6 cm³/mol. The number of ether oxygens (including phenoxy) is 2. The molecule has 0 aromatic heterocycles. The lowest BCUT2D eigenvalue weighted by atomic mass is 9.86. The first-order valence-electron chi connectivity index (χ1n) is 6.54. The Morgan fingerprint density at radius 2 is 2.22 bits per heavy atom. The van der Waals surface area contributed by atoms with Crippen molar-refractivity contribution in [3.8, 4) is 0 Å². The van der Waals surface area contributed by atoms with Gasteiger partial charge >= 0.3 is 5.97 Å². The molecule has 0 aliphatic carbocycles. The van der Waals surface area contributed by atoms with Crippen LogP contribution in [0, 0.1) is 5.41 Å². The van der Waals surface area contributed by atoms with E-state index in [0.29, 0.717) is 26.2 Å². The molecule has 104 valence electrons. The van der Waals surface area contributed by atoms with Crippen molar-refractivity contribution in [3.05, 3.63) is 0 Å². The minimum absolute atomic E-state index is 0.141. The Labute approximate surface area is 108 Å². The van der Waals surface area contributed by atoms with Gasteiger partial charge in [-0.3, -0.25) is 9.69 Å². The monoisotopic (exact) mass is 257 g/mol. The Balaban J connectivity index is 2.05. The molecular weight excluding hydrogens is 234 g/mol. The molecule has 2 aliphatic rings. The van der Waals surface area contributed by atoms with Gasteiger partial charge in [-0.2, -0.15) is 0 Å². The van der Waals surface area contributed by atoms with Crippen molar-refractivity contribution in [1.82, 2.24) is 4.90 Å². The van der Waals surface area contributed by atoms with Crippen LogP contribution in [0.2, 0.25) is 0 Å². The van der Waals surface area contributed by atoms with Gasteiger partial charge in [-0.1, -0.05) is 0 Å². The summed E-state index contributed by atoms with van der Waals surface area (Å²) in [7, 11) is 0. The molecule has 0 bridgehead atoms. The number of carboxylic acids is 1. The van der Waals surface area contributed by atoms with E-state index in [1.807, 2.05) is 20.8 Å². The van der Waals surface area contributed by atoms with Crippen LogP contribution >= 0.6 is 0 Å². The molecule has 2 atom stereocenters. The SMILES string of the molecule is CC1CN(CC2(C(=O)O)CCOC2)CC(C)(C)O1. The topological polar surface area (TPSA) is 59.0 Å². The Morgan fingerprint density at radius 3 is 2.72 bits per heavy atom. The largest absolute Gasteiger partial charge is 0.481 e. The van der Waals surface area contributed by atoms with Crippen molar-refractivity contribution in [3.63, 3.8) is 0 Å². The van der Waals surface area contributed by atoms with E-state index in [9.17, 15) is 9.90 Å². The van der Waals surface area contributed by atoms with E-state index in [4.69, 9.17) is 9.47 Å². The quantitative estimate of drug-likeness (QED) is 0.816. The summed E-state index contributed by atoms with van der Waals surface area (Å²) in [5.74, 6) is -0.739. The lowest BCUT2D eigenvalue weighted by Gasteiger charge is -2.43. The van der Waals surface area contributed by atoms with Crippen molar-refractivity contribution in [2.24, 2.45) is 5.41 Å². The highest BCUT2D eigenvalue weighted by molar-refractivity contribution is 5.75. The zero-order valence-corrected chi connectivity index (χ0v) is 11.4. The molecule has 0 aromatic rings. The van der Waals surface area contributed by atoms with Crippen LogP contribution in [0.3, 0.4) is 0 Å². The summed E-state index contributed by atoms with van der Waals surface area (Å²) in [6.07, 6.45) is 0.746. The van der Waals surface area contributed by atoms with Gasteiger partial charge in [0.2, 0.25) is 0 Å². The van der Waals surface area contributed by atoms with Crippen LogP contribution in [0.25, 0.3) is 0 Å². The van der Waals surface area contributed by atoms with Gasteiger partial charge in [0.05, 0.1) is 18.3 Å². The molecule has 2 unspecified atom stereocenters. The zero-order chi connectivity index (χ0) is 13.4. The summed E-state index contributed by atoms with van der Waals surface area (Å²) in [6.45, 7) is 9.13. The van der Waals surface area contributed by atoms with E-state index >= 15 is 0 Å². The number of carbonyl (C=O) groups is 1. The third-order valence-corrected chi connectivity index (χ3v) is 3.72. The first-order valence-corrected chi connectivity index (χ1v) is 6.54. The molecule has 2 rings (SSSR count). The van der Waals surface area contributed by atoms with Crippen LogP contribution in [0.4, 0.5) is 0 Å². The highest BCUT2D eigenvalue weighted by Gasteiger charge is 2.45. The standard InChI is InChI=1S/C13H23NO4/c1-10-6-14(7-12(2,3)18-10)8-13(11(15)16)4-5-17-9-13/h10H,4-9H2,1-3H3,(H,15,16). The van der Waals surface area contributed by atoms with Gasteiger partial charge in [0.15, 0.2) is 0 Å². The van der Waals surface area contributed by atoms with Crippen LogP contribution in [0.15, 0.2) is 0 Å². The normalized spacial score (nSPS) is 36.7. The van der Waals surface area contributed by atoms with Crippen LogP contribution in [-0.4, -0.2) is 60.5 Å². The van der Waals surface area contributed by atoms with Crippen molar-refractivity contribution in [1.29, 1.82) is 0 Å². The number of nitrogens with zero attached hydrogens (tertiary/aromatic N) is 1. The van der Waals surface area contributed by atoms with Gasteiger partial charge in [-0.25, -0.2) is 0 Å². The molecule has 5 nitrogen and oxygen atoms in total. The molecule has 2 saturated heterocycles. The second-order valence-electron chi connectivity index (χ2n) is 6.25. The summed E-state index contributed by atoms with van der Waals surface area (Å²) in [5, 5.41) is 9.45. The van der Waals surface area contributed by atoms with Crippen molar-refractivity contribution < 1.29 is 19.4 Å². The Kier molecular flexibility index (Phi) is 3.67. The minimum Gasteiger partial charge on any atom is -0.481 e. The molecule has 1 N–H and O–H groups in total. The minimum atomic E-state index is -0.739. The maximum absolute atomic E-state index is 11.5. The molecular formula is C13H23NO4. The molecule has 0 saturated carbocycles. The highest BCUT2D eigenvalue weighted by atomic mass is 16.5. The number of aliphatic carboxylic acids is 1. The molecule has 2 fully saturated rings. The zero-order valence-electron chi connectivity index (χ0n) is 11.4. The molecule has 5 heteroatoms. The van der Waals surface area contributed by atoms with Gasteiger partial charge in [0, 0.05) is 26.2 Å². The fraction of sp³-hybridized carbons (Fsp3) is 0.923. The molecule has 0 radical (unpaired) electrons. The van der Waals surface area contributed by atoms with Crippen LogP contribution in [0.1, 0.15) is 27.2 Å². The van der Waals surface area contributed by atoms with E-state index in [2.05, 4.69) is 4.90 Å². The molecule has 0 amide bonds. The van der Waals surface area contributed by atoms with E-state index < -0.39 is 11.4 Å². The lowest BCUT2D eigenvalue weighted by Crippen LogP contribution is -2.55. The lowest BCUT2D eigenvalue weighted by molar-refractivity contribution is -0.158. The first kappa shape index (κ1) is 13.8. The number of morpholine rings is 1. The molecule has 0 spiro atoms. The van der Waals surface area contributed by atoms with Gasteiger partial charge < -0.3 is 14.6 Å². The fourth-order valence-corrected chi connectivity index (χ4v) is 3.10. The number of hydrogen-bond acceptors (Lipinski definition) is 4. The molecule has 2 heterocycles. The van der Waals surface area contributed by atoms with E-state index in [1.165, 1.54) is 0 Å². The Bertz CT molecular complexity index is 323. The fourth-order valence-electron chi connectivity index (χ4n) is 3.10. The Morgan fingerprint density at radius 1 is 1.50 bits per heavy atom. The van der Waals surface area contributed by atoms with Gasteiger partial charge in [-0.05, 0) is 27.2 Å². The maximum Gasteiger partial charge on any atom is 0.313 e. The average molecular weight is 257 g/mol. The van der Waals surface area contributed by atoms with Crippen LogP contribution in [0.5, 0.6) is 0 Å². The smallest absolute Gasteiger partial charge is 0.313 e.